The van der Waals surface area contributed by atoms with Gasteiger partial charge in [0.05, 0.1) is 10.6 Å². The third-order valence-corrected chi connectivity index (χ3v) is 4.14. The summed E-state index contributed by atoms with van der Waals surface area (Å²) in [4.78, 5) is 33.8. The van der Waals surface area contributed by atoms with Crippen LogP contribution in [-0.4, -0.2) is 40.2 Å². The summed E-state index contributed by atoms with van der Waals surface area (Å²) >= 11 is 0.878. The highest BCUT2D eigenvalue weighted by Gasteiger charge is 2.25. The lowest BCUT2D eigenvalue weighted by Crippen LogP contribution is -2.43. The molecule has 1 aromatic rings. The molecular formula is C13H15N5O2S. The lowest BCUT2D eigenvalue weighted by atomic mass is 10.1. The molecule has 3 rings (SSSR count). The highest BCUT2D eigenvalue weighted by atomic mass is 32.2. The van der Waals surface area contributed by atoms with E-state index in [9.17, 15) is 9.59 Å². The molecule has 0 bridgehead atoms. The van der Waals surface area contributed by atoms with Crippen molar-refractivity contribution in [1.29, 1.82) is 0 Å². The Morgan fingerprint density at radius 2 is 2.33 bits per heavy atom. The second kappa shape index (κ2) is 5.82. The fraction of sp³-hybridized carbons (Fsp3) is 0.385. The summed E-state index contributed by atoms with van der Waals surface area (Å²) in [6.07, 6.45) is 5.27. The van der Waals surface area contributed by atoms with E-state index in [0.29, 0.717) is 16.5 Å². The minimum absolute atomic E-state index is 0.137. The highest BCUT2D eigenvalue weighted by Crippen LogP contribution is 2.25. The first-order valence-electron chi connectivity index (χ1n) is 6.70. The lowest BCUT2D eigenvalue weighted by Gasteiger charge is -2.30. The van der Waals surface area contributed by atoms with Crippen molar-refractivity contribution in [3.8, 4) is 0 Å². The Hall–Kier alpha value is -1.93. The number of anilines is 1. The molecule has 0 aromatic carbocycles. The Labute approximate surface area is 126 Å². The molecule has 2 aliphatic heterocycles. The molecule has 7 nitrogen and oxygen atoms in total. The molecule has 8 heteroatoms. The van der Waals surface area contributed by atoms with E-state index in [1.165, 1.54) is 0 Å². The van der Waals surface area contributed by atoms with Gasteiger partial charge in [0.15, 0.2) is 0 Å². The molecule has 0 spiro atoms. The predicted molar refractivity (Wildman–Crippen MR) is 80.6 cm³/mol. The molecule has 2 fully saturated rings. The second-order valence-corrected chi connectivity index (χ2v) is 6.00. The van der Waals surface area contributed by atoms with Crippen LogP contribution in [0.1, 0.15) is 18.5 Å². The smallest absolute Gasteiger partial charge is 0.290 e. The molecule has 2 amide bonds. The van der Waals surface area contributed by atoms with E-state index in [1.807, 2.05) is 4.90 Å². The summed E-state index contributed by atoms with van der Waals surface area (Å²) in [5.41, 5.74) is 6.57. The van der Waals surface area contributed by atoms with Crippen molar-refractivity contribution in [3.05, 3.63) is 22.9 Å². The van der Waals surface area contributed by atoms with Gasteiger partial charge in [0.1, 0.15) is 0 Å². The Morgan fingerprint density at radius 1 is 1.48 bits per heavy atom. The predicted octanol–water partition coefficient (Wildman–Crippen LogP) is 0.728. The van der Waals surface area contributed by atoms with E-state index in [2.05, 4.69) is 15.3 Å². The van der Waals surface area contributed by atoms with E-state index in [0.717, 1.165) is 37.7 Å². The SMILES string of the molecule is N[C@H]1CCCN(c2nccc(/C=C3\SC(=O)NC3=O)n2)C1. The van der Waals surface area contributed by atoms with Crippen LogP contribution in [0.3, 0.4) is 0 Å². The van der Waals surface area contributed by atoms with Crippen molar-refractivity contribution in [1.82, 2.24) is 15.3 Å². The maximum absolute atomic E-state index is 11.5. The van der Waals surface area contributed by atoms with Gasteiger partial charge in [-0.15, -0.1) is 0 Å². The Morgan fingerprint density at radius 3 is 3.05 bits per heavy atom. The van der Waals surface area contributed by atoms with Gasteiger partial charge in [-0.3, -0.25) is 14.9 Å². The number of amides is 2. The number of imide groups is 1. The molecule has 0 aliphatic carbocycles. The van der Waals surface area contributed by atoms with E-state index < -0.39 is 0 Å². The zero-order valence-electron chi connectivity index (χ0n) is 11.3. The zero-order valence-corrected chi connectivity index (χ0v) is 12.1. The van der Waals surface area contributed by atoms with E-state index in [4.69, 9.17) is 5.73 Å². The van der Waals surface area contributed by atoms with Gasteiger partial charge in [0.2, 0.25) is 5.95 Å². The third kappa shape index (κ3) is 3.22. The Bertz CT molecular complexity index is 618. The summed E-state index contributed by atoms with van der Waals surface area (Å²) in [5, 5.41) is 1.86. The van der Waals surface area contributed by atoms with Crippen LogP contribution in [0.5, 0.6) is 0 Å². The topological polar surface area (TPSA) is 101 Å². The lowest BCUT2D eigenvalue weighted by molar-refractivity contribution is -0.115. The van der Waals surface area contributed by atoms with Crippen LogP contribution in [-0.2, 0) is 4.79 Å². The maximum atomic E-state index is 11.5. The van der Waals surface area contributed by atoms with Crippen molar-refractivity contribution in [3.63, 3.8) is 0 Å². The van der Waals surface area contributed by atoms with Gasteiger partial charge in [-0.1, -0.05) is 0 Å². The molecule has 0 saturated carbocycles. The molecule has 110 valence electrons. The largest absolute Gasteiger partial charge is 0.339 e. The molecule has 0 unspecified atom stereocenters. The summed E-state index contributed by atoms with van der Waals surface area (Å²) < 4.78 is 0. The van der Waals surface area contributed by atoms with Crippen LogP contribution in [0.4, 0.5) is 10.7 Å². The van der Waals surface area contributed by atoms with Gasteiger partial charge in [0, 0.05) is 25.3 Å². The standard InChI is InChI=1S/C13H15N5O2S/c14-8-2-1-5-18(7-8)12-15-4-3-9(16-12)6-10-11(19)17-13(20)21-10/h3-4,6,8H,1-2,5,7,14H2,(H,17,19,20)/b10-6-/t8-/m0/s1. The molecular weight excluding hydrogens is 290 g/mol. The molecule has 1 aromatic heterocycles. The summed E-state index contributed by atoms with van der Waals surface area (Å²) in [6, 6.07) is 1.84. The van der Waals surface area contributed by atoms with E-state index >= 15 is 0 Å². The first-order valence-corrected chi connectivity index (χ1v) is 7.52. The number of hydrogen-bond acceptors (Lipinski definition) is 7. The number of nitrogens with two attached hydrogens (primary N) is 1. The number of aromatic nitrogens is 2. The number of nitrogens with zero attached hydrogens (tertiary/aromatic N) is 3. The van der Waals surface area contributed by atoms with Crippen molar-refractivity contribution < 1.29 is 9.59 Å². The number of nitrogens with one attached hydrogen (secondary N) is 1. The van der Waals surface area contributed by atoms with Gasteiger partial charge < -0.3 is 10.6 Å². The molecule has 2 saturated heterocycles. The molecule has 21 heavy (non-hydrogen) atoms. The fourth-order valence-electron chi connectivity index (χ4n) is 2.34. The average molecular weight is 305 g/mol. The number of thioether (sulfide) groups is 1. The Kier molecular flexibility index (Phi) is 3.89. The quantitative estimate of drug-likeness (QED) is 0.777. The van der Waals surface area contributed by atoms with E-state index in [1.54, 1.807) is 18.3 Å². The fourth-order valence-corrected chi connectivity index (χ4v) is 3.01. The van der Waals surface area contributed by atoms with Crippen LogP contribution < -0.4 is 16.0 Å². The van der Waals surface area contributed by atoms with Crippen LogP contribution >= 0.6 is 11.8 Å². The second-order valence-electron chi connectivity index (χ2n) is 4.98. The number of piperidine rings is 1. The Balaban J connectivity index is 1.82. The normalized spacial score (nSPS) is 24.5. The maximum Gasteiger partial charge on any atom is 0.290 e. The van der Waals surface area contributed by atoms with Gasteiger partial charge in [-0.2, -0.15) is 0 Å². The van der Waals surface area contributed by atoms with Crippen molar-refractivity contribution in [2.24, 2.45) is 5.73 Å². The molecule has 1 atom stereocenters. The molecule has 3 heterocycles. The summed E-state index contributed by atoms with van der Waals surface area (Å²) in [6.45, 7) is 1.61. The summed E-state index contributed by atoms with van der Waals surface area (Å²) in [5.74, 6) is 0.222. The molecule has 0 radical (unpaired) electrons. The third-order valence-electron chi connectivity index (χ3n) is 3.33. The summed E-state index contributed by atoms with van der Waals surface area (Å²) in [7, 11) is 0. The van der Waals surface area contributed by atoms with Crippen LogP contribution in [0, 0.1) is 0 Å². The molecule has 3 N–H and O–H groups in total. The highest BCUT2D eigenvalue weighted by molar-refractivity contribution is 8.18. The van der Waals surface area contributed by atoms with Crippen molar-refractivity contribution >= 4 is 34.9 Å². The zero-order chi connectivity index (χ0) is 14.8. The van der Waals surface area contributed by atoms with Gasteiger partial charge in [0.25, 0.3) is 11.1 Å². The minimum atomic E-state index is -0.384. The number of hydrogen-bond donors (Lipinski definition) is 2. The minimum Gasteiger partial charge on any atom is -0.339 e. The monoisotopic (exact) mass is 305 g/mol. The first-order chi connectivity index (χ1) is 10.1. The van der Waals surface area contributed by atoms with Gasteiger partial charge in [-0.25, -0.2) is 9.97 Å². The number of carbonyl (C=O) groups excluding carboxylic acids is 2. The van der Waals surface area contributed by atoms with Gasteiger partial charge >= 0.3 is 0 Å². The van der Waals surface area contributed by atoms with Crippen LogP contribution in [0.25, 0.3) is 6.08 Å². The first kappa shape index (κ1) is 14.0. The number of rotatable bonds is 2. The number of carbonyl (C=O) groups is 2. The van der Waals surface area contributed by atoms with Crippen molar-refractivity contribution in [2.45, 2.75) is 18.9 Å². The van der Waals surface area contributed by atoms with E-state index in [-0.39, 0.29) is 17.2 Å². The average Bonchev–Trinajstić information content (AvgIpc) is 2.77. The van der Waals surface area contributed by atoms with Crippen LogP contribution in [0.2, 0.25) is 0 Å². The van der Waals surface area contributed by atoms with Crippen molar-refractivity contribution in [2.75, 3.05) is 18.0 Å². The molecule has 2 aliphatic rings. The van der Waals surface area contributed by atoms with Gasteiger partial charge in [-0.05, 0) is 36.7 Å². The van der Waals surface area contributed by atoms with Crippen LogP contribution in [0.15, 0.2) is 17.2 Å².